The van der Waals surface area contributed by atoms with Crippen molar-refractivity contribution in [2.45, 2.75) is 44.8 Å². The van der Waals surface area contributed by atoms with Crippen molar-refractivity contribution in [3.8, 4) is 17.6 Å². The Morgan fingerprint density at radius 1 is 1.38 bits per heavy atom. The minimum Gasteiger partial charge on any atom is -0.496 e. The Morgan fingerprint density at radius 2 is 2.14 bits per heavy atom. The van der Waals surface area contributed by atoms with Gasteiger partial charge < -0.3 is 4.74 Å². The molecule has 0 aromatic heterocycles. The molecule has 1 aliphatic carbocycles. The maximum atomic E-state index is 14.6. The summed E-state index contributed by atoms with van der Waals surface area (Å²) < 4.78 is 20.1. The summed E-state index contributed by atoms with van der Waals surface area (Å²) in [6, 6.07) is 3.32. The van der Waals surface area contributed by atoms with E-state index >= 15 is 0 Å². The first-order valence-electron chi connectivity index (χ1n) is 7.39. The van der Waals surface area contributed by atoms with Gasteiger partial charge in [-0.3, -0.25) is 0 Å². The SMILES string of the molecule is CCC#Cc1cc(F)c(C2=C(CC)CCC2S)c(OC)c1. The molecule has 1 nitrogen and oxygen atoms in total. The quantitative estimate of drug-likeness (QED) is 0.620. The highest BCUT2D eigenvalue weighted by Crippen LogP contribution is 2.43. The molecular weight excluding hydrogens is 283 g/mol. The second-order valence-corrected chi connectivity index (χ2v) is 5.74. The highest BCUT2D eigenvalue weighted by atomic mass is 32.1. The molecule has 112 valence electrons. The standard InChI is InChI=1S/C18H21FOS/c1-4-6-7-12-10-14(19)18(15(11-12)20-3)17-13(5-2)8-9-16(17)21/h10-11,16,21H,4-5,8-9H2,1-3H3. The van der Waals surface area contributed by atoms with Gasteiger partial charge in [0.2, 0.25) is 0 Å². The maximum absolute atomic E-state index is 14.6. The van der Waals surface area contributed by atoms with Crippen LogP contribution in [0.3, 0.4) is 0 Å². The monoisotopic (exact) mass is 304 g/mol. The van der Waals surface area contributed by atoms with Gasteiger partial charge in [0.25, 0.3) is 0 Å². The summed E-state index contributed by atoms with van der Waals surface area (Å²) in [6.45, 7) is 4.07. The zero-order valence-corrected chi connectivity index (χ0v) is 13.7. The molecule has 0 aliphatic heterocycles. The molecule has 21 heavy (non-hydrogen) atoms. The molecule has 0 spiro atoms. The normalized spacial score (nSPS) is 17.7. The molecule has 1 aliphatic rings. The minimum atomic E-state index is -0.267. The molecule has 0 fully saturated rings. The summed E-state index contributed by atoms with van der Waals surface area (Å²) >= 11 is 4.62. The van der Waals surface area contributed by atoms with Crippen molar-refractivity contribution in [3.05, 3.63) is 34.6 Å². The van der Waals surface area contributed by atoms with Crippen LogP contribution in [0.5, 0.6) is 5.75 Å². The first-order valence-corrected chi connectivity index (χ1v) is 7.90. The molecule has 0 saturated heterocycles. The van der Waals surface area contributed by atoms with Crippen LogP contribution in [0.1, 0.15) is 50.7 Å². The first-order chi connectivity index (χ1) is 10.1. The number of thiol groups is 1. The van der Waals surface area contributed by atoms with E-state index in [-0.39, 0.29) is 11.1 Å². The second-order valence-electron chi connectivity index (χ2n) is 5.12. The van der Waals surface area contributed by atoms with Crippen molar-refractivity contribution >= 4 is 18.2 Å². The third-order valence-electron chi connectivity index (χ3n) is 3.81. The number of methoxy groups -OCH3 is 1. The summed E-state index contributed by atoms with van der Waals surface area (Å²) in [5.41, 5.74) is 3.50. The van der Waals surface area contributed by atoms with Crippen molar-refractivity contribution in [2.24, 2.45) is 0 Å². The molecule has 1 aromatic rings. The Kier molecular flexibility index (Phi) is 5.36. The third-order valence-corrected chi connectivity index (χ3v) is 4.33. The largest absolute Gasteiger partial charge is 0.496 e. The molecule has 0 saturated carbocycles. The molecule has 1 atom stereocenters. The van der Waals surface area contributed by atoms with E-state index in [9.17, 15) is 4.39 Å². The van der Waals surface area contributed by atoms with Crippen LogP contribution in [0.15, 0.2) is 17.7 Å². The number of benzene rings is 1. The number of allylic oxidation sites excluding steroid dienone is 1. The predicted molar refractivity (Wildman–Crippen MR) is 89.3 cm³/mol. The van der Waals surface area contributed by atoms with Crippen LogP contribution in [-0.2, 0) is 0 Å². The lowest BCUT2D eigenvalue weighted by atomic mass is 9.97. The number of hydrogen-bond donors (Lipinski definition) is 1. The molecule has 0 heterocycles. The number of halogens is 1. The zero-order valence-electron chi connectivity index (χ0n) is 12.8. The smallest absolute Gasteiger partial charge is 0.135 e. The summed E-state index contributed by atoms with van der Waals surface area (Å²) in [4.78, 5) is 0. The third kappa shape index (κ3) is 3.27. The number of rotatable bonds is 3. The van der Waals surface area contributed by atoms with Crippen LogP contribution < -0.4 is 4.74 Å². The summed E-state index contributed by atoms with van der Waals surface area (Å²) in [5.74, 6) is 6.21. The second kappa shape index (κ2) is 7.04. The van der Waals surface area contributed by atoms with Crippen LogP contribution in [0.2, 0.25) is 0 Å². The van der Waals surface area contributed by atoms with Gasteiger partial charge in [-0.1, -0.05) is 31.3 Å². The Balaban J connectivity index is 2.59. The van der Waals surface area contributed by atoms with Gasteiger partial charge in [0.15, 0.2) is 0 Å². The van der Waals surface area contributed by atoms with Crippen LogP contribution in [-0.4, -0.2) is 12.4 Å². The van der Waals surface area contributed by atoms with Crippen LogP contribution in [0, 0.1) is 17.7 Å². The molecule has 3 heteroatoms. The molecule has 1 aromatic carbocycles. The Labute approximate surface area is 132 Å². The molecule has 0 bridgehead atoms. The fourth-order valence-electron chi connectivity index (χ4n) is 2.80. The molecule has 0 radical (unpaired) electrons. The van der Waals surface area contributed by atoms with Gasteiger partial charge in [-0.25, -0.2) is 4.39 Å². The lowest BCUT2D eigenvalue weighted by Crippen LogP contribution is -2.03. The fraction of sp³-hybridized carbons (Fsp3) is 0.444. The highest BCUT2D eigenvalue weighted by Gasteiger charge is 2.28. The minimum absolute atomic E-state index is 0.0796. The van der Waals surface area contributed by atoms with E-state index < -0.39 is 0 Å². The van der Waals surface area contributed by atoms with E-state index in [4.69, 9.17) is 4.74 Å². The number of hydrogen-bond acceptors (Lipinski definition) is 2. The van der Waals surface area contributed by atoms with Crippen LogP contribution in [0.4, 0.5) is 4.39 Å². The molecule has 0 amide bonds. The maximum Gasteiger partial charge on any atom is 0.135 e. The average Bonchev–Trinajstić information content (AvgIpc) is 2.85. The van der Waals surface area contributed by atoms with Gasteiger partial charge >= 0.3 is 0 Å². The van der Waals surface area contributed by atoms with E-state index in [1.165, 1.54) is 11.6 Å². The average molecular weight is 304 g/mol. The van der Waals surface area contributed by atoms with Crippen molar-refractivity contribution < 1.29 is 9.13 Å². The lowest BCUT2D eigenvalue weighted by Gasteiger charge is -2.16. The van der Waals surface area contributed by atoms with E-state index in [2.05, 4.69) is 31.4 Å². The van der Waals surface area contributed by atoms with Crippen molar-refractivity contribution in [1.82, 2.24) is 0 Å². The van der Waals surface area contributed by atoms with Gasteiger partial charge in [0.1, 0.15) is 11.6 Å². The van der Waals surface area contributed by atoms with Crippen molar-refractivity contribution in [1.29, 1.82) is 0 Å². The van der Waals surface area contributed by atoms with E-state index in [1.807, 2.05) is 13.0 Å². The van der Waals surface area contributed by atoms with Crippen LogP contribution >= 0.6 is 12.6 Å². The molecule has 1 unspecified atom stereocenters. The zero-order chi connectivity index (χ0) is 15.4. The first kappa shape index (κ1) is 16.0. The van der Waals surface area contributed by atoms with Gasteiger partial charge in [-0.15, -0.1) is 0 Å². The van der Waals surface area contributed by atoms with Gasteiger partial charge in [0.05, 0.1) is 12.7 Å². The van der Waals surface area contributed by atoms with E-state index in [0.717, 1.165) is 31.3 Å². The fourth-order valence-corrected chi connectivity index (χ4v) is 3.24. The topological polar surface area (TPSA) is 9.23 Å². The Morgan fingerprint density at radius 3 is 2.76 bits per heavy atom. The van der Waals surface area contributed by atoms with Crippen molar-refractivity contribution in [3.63, 3.8) is 0 Å². The highest BCUT2D eigenvalue weighted by molar-refractivity contribution is 7.81. The number of ether oxygens (including phenoxy) is 1. The molecule has 0 N–H and O–H groups in total. The lowest BCUT2D eigenvalue weighted by molar-refractivity contribution is 0.409. The van der Waals surface area contributed by atoms with Gasteiger partial charge in [-0.05, 0) is 37.0 Å². The van der Waals surface area contributed by atoms with Gasteiger partial charge in [-0.2, -0.15) is 12.6 Å². The predicted octanol–water partition coefficient (Wildman–Crippen LogP) is 4.85. The Hall–Kier alpha value is -1.40. The summed E-state index contributed by atoms with van der Waals surface area (Å²) in [5, 5.41) is 0.0796. The Bertz CT molecular complexity index is 622. The van der Waals surface area contributed by atoms with E-state index in [0.29, 0.717) is 16.9 Å². The summed E-state index contributed by atoms with van der Waals surface area (Å²) in [6.07, 6.45) is 3.61. The van der Waals surface area contributed by atoms with Crippen LogP contribution in [0.25, 0.3) is 5.57 Å². The molecular formula is C18H21FOS. The van der Waals surface area contributed by atoms with E-state index in [1.54, 1.807) is 7.11 Å². The summed E-state index contributed by atoms with van der Waals surface area (Å²) in [7, 11) is 1.57. The van der Waals surface area contributed by atoms with Crippen molar-refractivity contribution in [2.75, 3.05) is 7.11 Å². The molecule has 2 rings (SSSR count). The van der Waals surface area contributed by atoms with Gasteiger partial charge in [0, 0.05) is 17.2 Å².